The number of carbonyl (C=O) groups excluding carboxylic acids is 3. The first kappa shape index (κ1) is 30.6. The van der Waals surface area contributed by atoms with Gasteiger partial charge in [-0.1, -0.05) is 56.3 Å². The quantitative estimate of drug-likeness (QED) is 0.463. The lowest BCUT2D eigenvalue weighted by Crippen LogP contribution is -2.55. The minimum Gasteiger partial charge on any atom is -0.351 e. The number of alkyl halides is 3. The molecule has 0 spiro atoms. The van der Waals surface area contributed by atoms with E-state index in [1.54, 1.807) is 6.92 Å². The van der Waals surface area contributed by atoms with Crippen molar-refractivity contribution >= 4 is 17.8 Å². The Morgan fingerprint density at radius 1 is 1.02 bits per heavy atom. The van der Waals surface area contributed by atoms with Crippen molar-refractivity contribution in [2.45, 2.75) is 64.5 Å². The molecule has 2 atom stereocenters. The van der Waals surface area contributed by atoms with Crippen LogP contribution in [0.1, 0.15) is 56.3 Å². The number of nitrogens with zero attached hydrogens (tertiary/aromatic N) is 3. The normalized spacial score (nSPS) is 20.9. The van der Waals surface area contributed by atoms with Crippen molar-refractivity contribution in [1.29, 1.82) is 0 Å². The van der Waals surface area contributed by atoms with E-state index in [2.05, 4.69) is 27.7 Å². The van der Waals surface area contributed by atoms with Crippen LogP contribution in [0.4, 0.5) is 18.0 Å². The third-order valence-electron chi connectivity index (χ3n) is 8.56. The molecule has 5 rings (SSSR count). The number of halogens is 3. The summed E-state index contributed by atoms with van der Waals surface area (Å²) in [7, 11) is 0. The van der Waals surface area contributed by atoms with E-state index in [1.165, 1.54) is 27.5 Å². The van der Waals surface area contributed by atoms with Crippen LogP contribution in [-0.4, -0.2) is 70.8 Å². The van der Waals surface area contributed by atoms with E-state index in [4.69, 9.17) is 0 Å². The summed E-state index contributed by atoms with van der Waals surface area (Å²) in [5.74, 6) is -0.852. The lowest BCUT2D eigenvalue weighted by molar-refractivity contribution is -0.138. The topological polar surface area (TPSA) is 85.0 Å². The Morgan fingerprint density at radius 2 is 1.67 bits per heavy atom. The van der Waals surface area contributed by atoms with Gasteiger partial charge in [0.05, 0.1) is 29.4 Å². The molecule has 4 amide bonds. The molecule has 0 radical (unpaired) electrons. The SMILES string of the molecule is CCN1C(=O)NC(c2ccc(C(F)(F)F)cc2)C2=C1CN(C(C(=O)NC1CCN(Cc3ccccc3)CC1)C(C)C)C2=O. The lowest BCUT2D eigenvalue weighted by atomic mass is 9.94. The summed E-state index contributed by atoms with van der Waals surface area (Å²) in [6, 6.07) is 12.6. The van der Waals surface area contributed by atoms with Crippen LogP contribution in [0, 0.1) is 5.92 Å². The largest absolute Gasteiger partial charge is 0.416 e. The third kappa shape index (κ3) is 6.41. The predicted molar refractivity (Wildman–Crippen MR) is 155 cm³/mol. The van der Waals surface area contributed by atoms with Gasteiger partial charge in [0.2, 0.25) is 5.91 Å². The van der Waals surface area contributed by atoms with Crippen molar-refractivity contribution < 1.29 is 27.6 Å². The molecule has 0 saturated carbocycles. The van der Waals surface area contributed by atoms with E-state index >= 15 is 0 Å². The Hall–Kier alpha value is -3.86. The maximum absolute atomic E-state index is 14.0. The van der Waals surface area contributed by atoms with Gasteiger partial charge >= 0.3 is 12.2 Å². The van der Waals surface area contributed by atoms with Gasteiger partial charge in [-0.15, -0.1) is 0 Å². The van der Waals surface area contributed by atoms with Gasteiger partial charge in [0.25, 0.3) is 5.91 Å². The molecule has 1 fully saturated rings. The first-order valence-corrected chi connectivity index (χ1v) is 14.8. The molecule has 3 aliphatic heterocycles. The first-order valence-electron chi connectivity index (χ1n) is 14.8. The number of likely N-dealkylation sites (N-methyl/N-ethyl adjacent to an activating group) is 1. The summed E-state index contributed by atoms with van der Waals surface area (Å²) in [6.07, 6.45) is -2.91. The van der Waals surface area contributed by atoms with Crippen LogP contribution >= 0.6 is 0 Å². The summed E-state index contributed by atoms with van der Waals surface area (Å²) >= 11 is 0. The second-order valence-corrected chi connectivity index (χ2v) is 11.8. The van der Waals surface area contributed by atoms with Gasteiger partial charge in [0, 0.05) is 32.2 Å². The molecule has 1 saturated heterocycles. The molecule has 11 heteroatoms. The monoisotopic (exact) mass is 597 g/mol. The van der Waals surface area contributed by atoms with Crippen LogP contribution in [0.15, 0.2) is 65.9 Å². The third-order valence-corrected chi connectivity index (χ3v) is 8.56. The Bertz CT molecular complexity index is 1370. The van der Waals surface area contributed by atoms with Crippen molar-refractivity contribution in [1.82, 2.24) is 25.3 Å². The highest BCUT2D eigenvalue weighted by atomic mass is 19.4. The van der Waals surface area contributed by atoms with Crippen molar-refractivity contribution in [2.75, 3.05) is 26.2 Å². The fraction of sp³-hybridized carbons (Fsp3) is 0.469. The maximum Gasteiger partial charge on any atom is 0.416 e. The predicted octanol–water partition coefficient (Wildman–Crippen LogP) is 4.69. The van der Waals surface area contributed by atoms with Crippen molar-refractivity contribution in [2.24, 2.45) is 5.92 Å². The zero-order valence-electron chi connectivity index (χ0n) is 24.7. The molecule has 2 aromatic carbocycles. The van der Waals surface area contributed by atoms with E-state index < -0.39 is 35.8 Å². The second kappa shape index (κ2) is 12.4. The summed E-state index contributed by atoms with van der Waals surface area (Å²) < 4.78 is 39.5. The molecule has 2 aromatic rings. The number of urea groups is 1. The van der Waals surface area contributed by atoms with Crippen LogP contribution in [-0.2, 0) is 22.3 Å². The van der Waals surface area contributed by atoms with E-state index in [1.807, 2.05) is 32.0 Å². The zero-order valence-corrected chi connectivity index (χ0v) is 24.7. The Labute approximate surface area is 249 Å². The summed E-state index contributed by atoms with van der Waals surface area (Å²) in [5, 5.41) is 5.97. The van der Waals surface area contributed by atoms with E-state index in [-0.39, 0.29) is 30.0 Å². The first-order chi connectivity index (χ1) is 20.5. The van der Waals surface area contributed by atoms with Crippen molar-refractivity contribution in [3.05, 3.63) is 82.6 Å². The second-order valence-electron chi connectivity index (χ2n) is 11.8. The number of hydrogen-bond acceptors (Lipinski definition) is 4. The number of nitrogens with one attached hydrogen (secondary N) is 2. The highest BCUT2D eigenvalue weighted by Gasteiger charge is 2.47. The fourth-order valence-corrected chi connectivity index (χ4v) is 6.35. The summed E-state index contributed by atoms with van der Waals surface area (Å²) in [6.45, 7) is 8.46. The maximum atomic E-state index is 14.0. The van der Waals surface area contributed by atoms with Crippen LogP contribution in [0.3, 0.4) is 0 Å². The van der Waals surface area contributed by atoms with Gasteiger partial charge in [-0.05, 0) is 48.9 Å². The van der Waals surface area contributed by atoms with E-state index in [0.29, 0.717) is 17.8 Å². The van der Waals surface area contributed by atoms with Crippen molar-refractivity contribution in [3.8, 4) is 0 Å². The van der Waals surface area contributed by atoms with E-state index in [9.17, 15) is 27.6 Å². The van der Waals surface area contributed by atoms with Gasteiger partial charge in [-0.2, -0.15) is 13.2 Å². The molecular formula is C32H38F3N5O3. The van der Waals surface area contributed by atoms with Crippen LogP contribution in [0.25, 0.3) is 0 Å². The highest BCUT2D eigenvalue weighted by Crippen LogP contribution is 2.39. The van der Waals surface area contributed by atoms with Crippen LogP contribution in [0.2, 0.25) is 0 Å². The standard InChI is InChI=1S/C32H38F3N5O3/c1-4-39-25-19-40(30(42)26(25)27(37-31(39)43)22-10-12-23(13-11-22)32(33,34)35)28(20(2)3)29(41)36-24-14-16-38(17-15-24)18-21-8-6-5-7-9-21/h5-13,20,24,27-28H,4,14-19H2,1-3H3,(H,36,41)(H,37,43). The molecule has 43 heavy (non-hydrogen) atoms. The lowest BCUT2D eigenvalue weighted by Gasteiger charge is -2.35. The number of amides is 4. The van der Waals surface area contributed by atoms with Gasteiger partial charge in [-0.25, -0.2) is 4.79 Å². The summed E-state index contributed by atoms with van der Waals surface area (Å²) in [4.78, 5) is 46.1. The van der Waals surface area contributed by atoms with Gasteiger partial charge in [-0.3, -0.25) is 19.4 Å². The van der Waals surface area contributed by atoms with Crippen LogP contribution in [0.5, 0.6) is 0 Å². The molecule has 8 nitrogen and oxygen atoms in total. The Balaban J connectivity index is 1.31. The molecule has 3 heterocycles. The van der Waals surface area contributed by atoms with Crippen LogP contribution < -0.4 is 10.6 Å². The average molecular weight is 598 g/mol. The van der Waals surface area contributed by atoms with E-state index in [0.717, 1.165) is 44.6 Å². The molecule has 0 bridgehead atoms. The average Bonchev–Trinajstić information content (AvgIpc) is 3.29. The molecule has 0 aliphatic carbocycles. The molecule has 3 aliphatic rings. The number of carbonyl (C=O) groups is 3. The number of benzene rings is 2. The number of rotatable bonds is 8. The molecular weight excluding hydrogens is 559 g/mol. The highest BCUT2D eigenvalue weighted by molar-refractivity contribution is 6.03. The molecule has 0 aromatic heterocycles. The molecule has 2 unspecified atom stereocenters. The number of hydrogen-bond donors (Lipinski definition) is 2. The minimum atomic E-state index is -4.51. The number of likely N-dealkylation sites (tertiary alicyclic amines) is 1. The molecule has 230 valence electrons. The smallest absolute Gasteiger partial charge is 0.351 e. The Kier molecular flexibility index (Phi) is 8.82. The summed E-state index contributed by atoms with van der Waals surface area (Å²) in [5.41, 5.74) is 1.57. The van der Waals surface area contributed by atoms with Gasteiger partial charge < -0.3 is 15.5 Å². The van der Waals surface area contributed by atoms with Gasteiger partial charge in [0.15, 0.2) is 0 Å². The molecule has 2 N–H and O–H groups in total. The number of piperidine rings is 1. The minimum absolute atomic E-state index is 0.0173. The Morgan fingerprint density at radius 3 is 2.26 bits per heavy atom. The van der Waals surface area contributed by atoms with Gasteiger partial charge in [0.1, 0.15) is 6.04 Å². The van der Waals surface area contributed by atoms with Crippen molar-refractivity contribution in [3.63, 3.8) is 0 Å². The zero-order chi connectivity index (χ0) is 30.9. The fourth-order valence-electron chi connectivity index (χ4n) is 6.35.